The van der Waals surface area contributed by atoms with Gasteiger partial charge in [0.15, 0.2) is 0 Å². The average Bonchev–Trinajstić information content (AvgIpc) is 2.56. The van der Waals surface area contributed by atoms with E-state index in [1.165, 1.54) is 5.56 Å². The monoisotopic (exact) mass is 296 g/mol. The number of benzene rings is 1. The fourth-order valence-corrected chi connectivity index (χ4v) is 3.26. The summed E-state index contributed by atoms with van der Waals surface area (Å²) in [6.45, 7) is 1.95. The number of rotatable bonds is 3. The molecule has 3 nitrogen and oxygen atoms in total. The van der Waals surface area contributed by atoms with Gasteiger partial charge < -0.3 is 9.84 Å². The molecule has 1 aromatic carbocycles. The first-order valence-corrected chi connectivity index (χ1v) is 7.76. The highest BCUT2D eigenvalue weighted by molar-refractivity contribution is 5.88. The fourth-order valence-electron chi connectivity index (χ4n) is 3.26. The van der Waals surface area contributed by atoms with Gasteiger partial charge in [0.05, 0.1) is 0 Å². The van der Waals surface area contributed by atoms with Crippen LogP contribution in [0.25, 0.3) is 0 Å². The number of fused-ring (bicyclic) bond motifs is 1. The SMILES string of the molecule is CC=C(C1=CCc2ccccc2O1)C1CCCC=C1C(=O)O. The van der Waals surface area contributed by atoms with Crippen molar-refractivity contribution in [1.29, 1.82) is 0 Å². The van der Waals surface area contributed by atoms with Crippen molar-refractivity contribution in [3.63, 3.8) is 0 Å². The van der Waals surface area contributed by atoms with Gasteiger partial charge in [-0.3, -0.25) is 0 Å². The first-order valence-electron chi connectivity index (χ1n) is 7.76. The molecule has 0 saturated carbocycles. The lowest BCUT2D eigenvalue weighted by Gasteiger charge is -2.28. The molecule has 0 bridgehead atoms. The minimum atomic E-state index is -0.819. The summed E-state index contributed by atoms with van der Waals surface area (Å²) in [6.07, 6.45) is 9.46. The van der Waals surface area contributed by atoms with E-state index in [-0.39, 0.29) is 5.92 Å². The maximum Gasteiger partial charge on any atom is 0.331 e. The number of hydrogen-bond donors (Lipinski definition) is 1. The van der Waals surface area contributed by atoms with Crippen molar-refractivity contribution in [2.45, 2.75) is 32.6 Å². The van der Waals surface area contributed by atoms with Gasteiger partial charge >= 0.3 is 5.97 Å². The number of carboxylic acid groups (broad SMARTS) is 1. The van der Waals surface area contributed by atoms with Gasteiger partial charge in [0.25, 0.3) is 0 Å². The van der Waals surface area contributed by atoms with E-state index in [0.717, 1.165) is 42.8 Å². The van der Waals surface area contributed by atoms with Gasteiger partial charge in [-0.2, -0.15) is 0 Å². The van der Waals surface area contributed by atoms with E-state index in [9.17, 15) is 9.90 Å². The summed E-state index contributed by atoms with van der Waals surface area (Å²) in [5.41, 5.74) is 2.66. The van der Waals surface area contributed by atoms with Crippen LogP contribution in [0, 0.1) is 5.92 Å². The van der Waals surface area contributed by atoms with Gasteiger partial charge in [0.1, 0.15) is 11.5 Å². The predicted molar refractivity (Wildman–Crippen MR) is 85.7 cm³/mol. The van der Waals surface area contributed by atoms with Gasteiger partial charge in [-0.1, -0.05) is 30.4 Å². The van der Waals surface area contributed by atoms with E-state index >= 15 is 0 Å². The van der Waals surface area contributed by atoms with Crippen LogP contribution in [-0.2, 0) is 11.2 Å². The Kier molecular flexibility index (Phi) is 4.14. The van der Waals surface area contributed by atoms with Crippen molar-refractivity contribution in [2.24, 2.45) is 5.92 Å². The summed E-state index contributed by atoms with van der Waals surface area (Å²) in [7, 11) is 0. The third kappa shape index (κ3) is 2.71. The molecule has 1 aliphatic heterocycles. The van der Waals surface area contributed by atoms with Crippen molar-refractivity contribution < 1.29 is 14.6 Å². The molecule has 0 aromatic heterocycles. The van der Waals surface area contributed by atoms with Crippen LogP contribution in [0.2, 0.25) is 0 Å². The third-order valence-corrected chi connectivity index (χ3v) is 4.35. The second kappa shape index (κ2) is 6.22. The van der Waals surface area contributed by atoms with Gasteiger partial charge in [0.2, 0.25) is 0 Å². The molecular weight excluding hydrogens is 276 g/mol. The van der Waals surface area contributed by atoms with Crippen LogP contribution in [-0.4, -0.2) is 11.1 Å². The number of carboxylic acids is 1. The third-order valence-electron chi connectivity index (χ3n) is 4.35. The standard InChI is InChI=1S/C19H20O3/c1-2-14(15-8-4-5-9-16(15)19(20)21)18-12-11-13-7-3-6-10-17(13)22-18/h2-3,6-7,9-10,12,15H,4-5,8,11H2,1H3,(H,20,21). The topological polar surface area (TPSA) is 46.5 Å². The first-order chi connectivity index (χ1) is 10.7. The van der Waals surface area contributed by atoms with E-state index < -0.39 is 5.97 Å². The summed E-state index contributed by atoms with van der Waals surface area (Å²) in [5.74, 6) is 0.782. The van der Waals surface area contributed by atoms with Gasteiger partial charge in [-0.25, -0.2) is 4.79 Å². The molecule has 0 amide bonds. The summed E-state index contributed by atoms with van der Waals surface area (Å²) in [6, 6.07) is 7.98. The lowest BCUT2D eigenvalue weighted by molar-refractivity contribution is -0.133. The lowest BCUT2D eigenvalue weighted by atomic mass is 9.80. The van der Waals surface area contributed by atoms with Gasteiger partial charge in [-0.15, -0.1) is 0 Å². The molecule has 0 fully saturated rings. The second-order valence-corrected chi connectivity index (χ2v) is 5.67. The molecule has 1 N–H and O–H groups in total. The maximum atomic E-state index is 11.5. The molecule has 1 atom stereocenters. The van der Waals surface area contributed by atoms with E-state index in [2.05, 4.69) is 12.1 Å². The molecule has 1 heterocycles. The van der Waals surface area contributed by atoms with Crippen molar-refractivity contribution >= 4 is 5.97 Å². The molecule has 1 unspecified atom stereocenters. The van der Waals surface area contributed by atoms with Gasteiger partial charge in [0, 0.05) is 11.5 Å². The molecule has 1 aromatic rings. The van der Waals surface area contributed by atoms with Crippen molar-refractivity contribution in [1.82, 2.24) is 0 Å². The van der Waals surface area contributed by atoms with Crippen molar-refractivity contribution in [3.05, 3.63) is 65.0 Å². The van der Waals surface area contributed by atoms with Crippen LogP contribution in [0.1, 0.15) is 31.7 Å². The predicted octanol–water partition coefficient (Wildman–Crippen LogP) is 4.26. The Labute approximate surface area is 130 Å². The normalized spacial score (nSPS) is 21.3. The maximum absolute atomic E-state index is 11.5. The smallest absolute Gasteiger partial charge is 0.331 e. The molecule has 1 aliphatic carbocycles. The minimum Gasteiger partial charge on any atom is -0.478 e. The van der Waals surface area contributed by atoms with E-state index in [0.29, 0.717) is 5.57 Å². The molecule has 3 heteroatoms. The summed E-state index contributed by atoms with van der Waals surface area (Å²) >= 11 is 0. The van der Waals surface area contributed by atoms with Crippen LogP contribution >= 0.6 is 0 Å². The van der Waals surface area contributed by atoms with Crippen LogP contribution in [0.5, 0.6) is 5.75 Å². The quantitative estimate of drug-likeness (QED) is 0.906. The zero-order valence-electron chi connectivity index (χ0n) is 12.7. The van der Waals surface area contributed by atoms with Crippen LogP contribution < -0.4 is 4.74 Å². The molecule has 0 saturated heterocycles. The molecule has 0 radical (unpaired) electrons. The molecule has 3 rings (SSSR count). The number of allylic oxidation sites excluding steroid dienone is 4. The lowest BCUT2D eigenvalue weighted by Crippen LogP contribution is -2.21. The Morgan fingerprint density at radius 3 is 2.91 bits per heavy atom. The first kappa shape index (κ1) is 14.6. The highest BCUT2D eigenvalue weighted by Crippen LogP contribution is 2.38. The van der Waals surface area contributed by atoms with E-state index in [1.807, 2.05) is 37.3 Å². The highest BCUT2D eigenvalue weighted by Gasteiger charge is 2.29. The number of para-hydroxylation sites is 1. The van der Waals surface area contributed by atoms with Crippen molar-refractivity contribution in [3.8, 4) is 5.75 Å². The Morgan fingerprint density at radius 1 is 1.32 bits per heavy atom. The molecule has 114 valence electrons. The Bertz CT molecular complexity index is 680. The fraction of sp³-hybridized carbons (Fsp3) is 0.316. The molecule has 2 aliphatic rings. The number of aliphatic carboxylic acids is 1. The number of ether oxygens (including phenoxy) is 1. The minimum absolute atomic E-state index is 0.0761. The van der Waals surface area contributed by atoms with Crippen LogP contribution in [0.3, 0.4) is 0 Å². The Hall–Kier alpha value is -2.29. The summed E-state index contributed by atoms with van der Waals surface area (Å²) in [5, 5.41) is 9.45. The average molecular weight is 296 g/mol. The van der Waals surface area contributed by atoms with E-state index in [1.54, 1.807) is 0 Å². The molecule has 0 spiro atoms. The van der Waals surface area contributed by atoms with E-state index in [4.69, 9.17) is 4.74 Å². The summed E-state index contributed by atoms with van der Waals surface area (Å²) in [4.78, 5) is 11.5. The Balaban J connectivity index is 1.90. The van der Waals surface area contributed by atoms with Crippen LogP contribution in [0.4, 0.5) is 0 Å². The zero-order valence-corrected chi connectivity index (χ0v) is 12.7. The second-order valence-electron chi connectivity index (χ2n) is 5.67. The highest BCUT2D eigenvalue weighted by atomic mass is 16.5. The van der Waals surface area contributed by atoms with Crippen molar-refractivity contribution in [2.75, 3.05) is 0 Å². The Morgan fingerprint density at radius 2 is 2.14 bits per heavy atom. The largest absolute Gasteiger partial charge is 0.478 e. The number of carbonyl (C=O) groups is 1. The molecular formula is C19H20O3. The molecule has 22 heavy (non-hydrogen) atoms. The summed E-state index contributed by atoms with van der Waals surface area (Å²) < 4.78 is 6.04. The zero-order chi connectivity index (χ0) is 15.5. The van der Waals surface area contributed by atoms with Gasteiger partial charge in [-0.05, 0) is 55.9 Å². The number of hydrogen-bond acceptors (Lipinski definition) is 2. The van der Waals surface area contributed by atoms with Crippen LogP contribution in [0.15, 0.2) is 59.4 Å².